The zero-order valence-corrected chi connectivity index (χ0v) is 29.3. The molecule has 54 heavy (non-hydrogen) atoms. The Labute approximate surface area is 310 Å². The van der Waals surface area contributed by atoms with Gasteiger partial charge >= 0.3 is 0 Å². The van der Waals surface area contributed by atoms with Gasteiger partial charge in [-0.05, 0) is 128 Å². The molecule has 0 fully saturated rings. The molecule has 2 aliphatic rings. The summed E-state index contributed by atoms with van der Waals surface area (Å²) in [5.41, 5.74) is 13.2. The highest BCUT2D eigenvalue weighted by Crippen LogP contribution is 2.50. The normalized spacial score (nSPS) is 14.4. The summed E-state index contributed by atoms with van der Waals surface area (Å²) in [6.45, 7) is 0. The van der Waals surface area contributed by atoms with Gasteiger partial charge in [0.2, 0.25) is 0 Å². The number of rotatable bonds is 2. The number of benzene rings is 10. The lowest BCUT2D eigenvalue weighted by Gasteiger charge is -2.21. The SMILES string of the molecule is c1ccc2c(c1)c1cccc3c1c1c2cccc1n3-c1ccc2c(c1)CC1Cc3cc(-n4c5cccc6c7ccccc7c7cccc4c7c65)ccc3N21. The van der Waals surface area contributed by atoms with Crippen molar-refractivity contribution in [2.24, 2.45) is 0 Å². The van der Waals surface area contributed by atoms with Gasteiger partial charge in [-0.2, -0.15) is 0 Å². The van der Waals surface area contributed by atoms with E-state index in [4.69, 9.17) is 0 Å². The maximum absolute atomic E-state index is 2.62. The smallest absolute Gasteiger partial charge is 0.0547 e. The Hall–Kier alpha value is -6.84. The quantitative estimate of drug-likeness (QED) is 0.165. The molecule has 4 heterocycles. The van der Waals surface area contributed by atoms with Gasteiger partial charge in [-0.1, -0.05) is 97.1 Å². The summed E-state index contributed by atoms with van der Waals surface area (Å²) < 4.78 is 5.01. The van der Waals surface area contributed by atoms with Crippen LogP contribution in [0.1, 0.15) is 11.1 Å². The molecule has 0 atom stereocenters. The molecular weight excluding hydrogens is 655 g/mol. The topological polar surface area (TPSA) is 13.1 Å². The first-order valence-electron chi connectivity index (χ1n) is 19.2. The first-order valence-corrected chi connectivity index (χ1v) is 19.2. The third-order valence-electron chi connectivity index (χ3n) is 13.1. The zero-order valence-electron chi connectivity index (χ0n) is 29.3. The van der Waals surface area contributed by atoms with Gasteiger partial charge in [0.1, 0.15) is 0 Å². The van der Waals surface area contributed by atoms with Crippen LogP contribution in [0.2, 0.25) is 0 Å². The van der Waals surface area contributed by atoms with Crippen LogP contribution in [0.4, 0.5) is 11.4 Å². The van der Waals surface area contributed by atoms with Crippen LogP contribution in [-0.4, -0.2) is 15.2 Å². The minimum Gasteiger partial charge on any atom is -0.337 e. The molecule has 0 saturated heterocycles. The fourth-order valence-electron chi connectivity index (χ4n) is 11.1. The van der Waals surface area contributed by atoms with E-state index in [-0.39, 0.29) is 0 Å². The Balaban J connectivity index is 0.909. The van der Waals surface area contributed by atoms with E-state index in [1.165, 1.54) is 121 Å². The highest BCUT2D eigenvalue weighted by atomic mass is 15.2. The van der Waals surface area contributed by atoms with Crippen molar-refractivity contribution in [2.45, 2.75) is 18.9 Å². The van der Waals surface area contributed by atoms with Gasteiger partial charge in [0.25, 0.3) is 0 Å². The first-order chi connectivity index (χ1) is 26.8. The lowest BCUT2D eigenvalue weighted by Crippen LogP contribution is -2.22. The summed E-state index contributed by atoms with van der Waals surface area (Å²) in [6, 6.07) is 59.9. The van der Waals surface area contributed by atoms with Crippen LogP contribution in [0.3, 0.4) is 0 Å². The summed E-state index contributed by atoms with van der Waals surface area (Å²) in [5.74, 6) is 0. The fourth-order valence-corrected chi connectivity index (χ4v) is 11.1. The number of anilines is 2. The molecule has 10 aromatic carbocycles. The first kappa shape index (κ1) is 27.8. The molecule has 0 N–H and O–H groups in total. The van der Waals surface area contributed by atoms with Crippen LogP contribution in [0.5, 0.6) is 0 Å². The Morgan fingerprint density at radius 1 is 0.333 bits per heavy atom. The average molecular weight is 686 g/mol. The van der Waals surface area contributed by atoms with Crippen LogP contribution in [0, 0.1) is 0 Å². The van der Waals surface area contributed by atoms with Crippen LogP contribution in [0.15, 0.2) is 158 Å². The molecule has 0 radical (unpaired) electrons. The molecule has 0 saturated carbocycles. The predicted octanol–water partition coefficient (Wildman–Crippen LogP) is 13.0. The van der Waals surface area contributed by atoms with Crippen LogP contribution < -0.4 is 4.90 Å². The van der Waals surface area contributed by atoms with Crippen molar-refractivity contribution in [1.29, 1.82) is 0 Å². The standard InChI is InChI=1S/C51H31N3/c1-2-10-35-34(9-1)38-13-5-17-44-48(38)49-39(35)14-6-18-45(49)52(44)31-21-23-42-29(25-31)27-33-28-30-26-32(22-24-43(30)54(33)42)53-46-19-7-15-40-36-11-3-4-12-37(36)41-16-8-20-47(53)51(41)50(40)46/h1-26,33H,27-28H2. The number of nitrogens with zero attached hydrogens (tertiary/aromatic N) is 3. The molecule has 3 heteroatoms. The number of fused-ring (bicyclic) bond motifs is 11. The predicted molar refractivity (Wildman–Crippen MR) is 227 cm³/mol. The molecule has 0 amide bonds. The molecule has 12 aromatic rings. The molecule has 2 aromatic heterocycles. The van der Waals surface area contributed by atoms with Crippen molar-refractivity contribution in [3.63, 3.8) is 0 Å². The van der Waals surface area contributed by atoms with Gasteiger partial charge in [0.15, 0.2) is 0 Å². The number of hydrogen-bond acceptors (Lipinski definition) is 1. The minimum absolute atomic E-state index is 0.432. The molecule has 0 aliphatic carbocycles. The van der Waals surface area contributed by atoms with Crippen LogP contribution in [-0.2, 0) is 12.8 Å². The summed E-state index contributed by atoms with van der Waals surface area (Å²) >= 11 is 0. The summed E-state index contributed by atoms with van der Waals surface area (Å²) in [6.07, 6.45) is 2.10. The average Bonchev–Trinajstić information content (AvgIpc) is 3.96. The van der Waals surface area contributed by atoms with Crippen LogP contribution in [0.25, 0.3) is 98.1 Å². The zero-order chi connectivity index (χ0) is 34.8. The molecule has 2 aliphatic heterocycles. The van der Waals surface area contributed by atoms with Crippen molar-refractivity contribution in [2.75, 3.05) is 4.90 Å². The summed E-state index contributed by atoms with van der Waals surface area (Å²) in [7, 11) is 0. The maximum atomic E-state index is 2.62. The van der Waals surface area contributed by atoms with E-state index in [0.717, 1.165) is 12.8 Å². The Kier molecular flexibility index (Phi) is 4.92. The third kappa shape index (κ3) is 3.23. The van der Waals surface area contributed by atoms with Gasteiger partial charge in [0.05, 0.1) is 22.1 Å². The van der Waals surface area contributed by atoms with Crippen molar-refractivity contribution >= 4 is 98.1 Å². The molecule has 0 unspecified atom stereocenters. The largest absolute Gasteiger partial charge is 0.337 e. The maximum Gasteiger partial charge on any atom is 0.0547 e. The van der Waals surface area contributed by atoms with Gasteiger partial charge in [-0.3, -0.25) is 0 Å². The van der Waals surface area contributed by atoms with E-state index >= 15 is 0 Å². The van der Waals surface area contributed by atoms with Crippen molar-refractivity contribution in [3.8, 4) is 11.4 Å². The minimum atomic E-state index is 0.432. The molecule has 14 rings (SSSR count). The second kappa shape index (κ2) is 9.57. The third-order valence-corrected chi connectivity index (χ3v) is 13.1. The summed E-state index contributed by atoms with van der Waals surface area (Å²) in [5, 5.41) is 16.1. The van der Waals surface area contributed by atoms with E-state index in [1.807, 2.05) is 0 Å². The highest BCUT2D eigenvalue weighted by Gasteiger charge is 2.37. The Morgan fingerprint density at radius 2 is 0.667 bits per heavy atom. The monoisotopic (exact) mass is 685 g/mol. The van der Waals surface area contributed by atoms with Crippen molar-refractivity contribution in [1.82, 2.24) is 9.13 Å². The Morgan fingerprint density at radius 3 is 1.02 bits per heavy atom. The number of aromatic nitrogens is 2. The van der Waals surface area contributed by atoms with E-state index in [2.05, 4.69) is 172 Å². The fraction of sp³-hybridized carbons (Fsp3) is 0.0588. The lowest BCUT2D eigenvalue weighted by atomic mass is 9.95. The molecular formula is C51H31N3. The van der Waals surface area contributed by atoms with Gasteiger partial charge in [0, 0.05) is 50.3 Å². The second-order valence-corrected chi connectivity index (χ2v) is 15.6. The van der Waals surface area contributed by atoms with E-state index < -0.39 is 0 Å². The molecule has 250 valence electrons. The van der Waals surface area contributed by atoms with E-state index in [9.17, 15) is 0 Å². The lowest BCUT2D eigenvalue weighted by molar-refractivity contribution is 0.725. The van der Waals surface area contributed by atoms with Gasteiger partial charge in [-0.25, -0.2) is 0 Å². The highest BCUT2D eigenvalue weighted by molar-refractivity contribution is 6.35. The Bertz CT molecular complexity index is 3170. The van der Waals surface area contributed by atoms with Crippen molar-refractivity contribution < 1.29 is 0 Å². The van der Waals surface area contributed by atoms with E-state index in [1.54, 1.807) is 0 Å². The summed E-state index contributed by atoms with van der Waals surface area (Å²) in [4.78, 5) is 2.62. The second-order valence-electron chi connectivity index (χ2n) is 15.6. The number of hydrogen-bond donors (Lipinski definition) is 0. The van der Waals surface area contributed by atoms with E-state index in [0.29, 0.717) is 6.04 Å². The van der Waals surface area contributed by atoms with Crippen LogP contribution >= 0.6 is 0 Å². The van der Waals surface area contributed by atoms with Crippen molar-refractivity contribution in [3.05, 3.63) is 169 Å². The molecule has 3 nitrogen and oxygen atoms in total. The molecule has 0 spiro atoms. The molecule has 0 bridgehead atoms. The van der Waals surface area contributed by atoms with Gasteiger partial charge in [-0.15, -0.1) is 0 Å². The van der Waals surface area contributed by atoms with Gasteiger partial charge < -0.3 is 14.0 Å².